The van der Waals surface area contributed by atoms with E-state index < -0.39 is 83.6 Å². The second-order valence-corrected chi connectivity index (χ2v) is 10.6. The van der Waals surface area contributed by atoms with Gasteiger partial charge in [0.15, 0.2) is 0 Å². The molecule has 0 atom stereocenters. The van der Waals surface area contributed by atoms with Crippen molar-refractivity contribution in [3.05, 3.63) is 64.2 Å². The van der Waals surface area contributed by atoms with Crippen LogP contribution in [0, 0.1) is 10.1 Å². The van der Waals surface area contributed by atoms with Crippen molar-refractivity contribution in [2.24, 2.45) is 0 Å². The van der Waals surface area contributed by atoms with Crippen molar-refractivity contribution < 1.29 is 137 Å². The molecule has 0 aliphatic rings. The van der Waals surface area contributed by atoms with Gasteiger partial charge in [0.25, 0.3) is 11.6 Å². The topological polar surface area (TPSA) is 244 Å². The van der Waals surface area contributed by atoms with Crippen molar-refractivity contribution >= 4 is 58.4 Å². The molecule has 0 spiro atoms. The minimum absolute atomic E-state index is 0. The molecule has 0 fully saturated rings. The smallest absolute Gasteiger partial charge is 0.744 e. The Kier molecular flexibility index (Phi) is 13.1. The zero-order valence-corrected chi connectivity index (χ0v) is 27.6. The number of anilines is 1. The summed E-state index contributed by atoms with van der Waals surface area (Å²) in [4.78, 5) is 19.4. The van der Waals surface area contributed by atoms with Gasteiger partial charge in [-0.05, 0) is 24.3 Å². The summed E-state index contributed by atoms with van der Waals surface area (Å²) in [6.07, 6.45) is 0. The van der Waals surface area contributed by atoms with Gasteiger partial charge in [0.05, 0.1) is 30.9 Å². The first-order valence-electron chi connectivity index (χ1n) is 8.55. The molecule has 0 aliphatic heterocycles. The summed E-state index contributed by atoms with van der Waals surface area (Å²) in [5, 5.41) is 11.7. The molecule has 37 heavy (non-hydrogen) atoms. The molecule has 14 nitrogen and oxygen atoms in total. The van der Waals surface area contributed by atoms with E-state index in [0.29, 0.717) is 18.2 Å². The second-order valence-electron chi connectivity index (χ2n) is 6.54. The number of rotatable bonds is 6. The molecule has 20 heteroatoms. The van der Waals surface area contributed by atoms with Crippen LogP contribution in [0.1, 0.15) is 10.4 Å². The monoisotopic (exact) mass is 598 g/mol. The van der Waals surface area contributed by atoms with Gasteiger partial charge in [-0.3, -0.25) is 14.9 Å². The number of nitrogens with one attached hydrogen (secondary N) is 1. The van der Waals surface area contributed by atoms with Crippen molar-refractivity contribution in [1.82, 2.24) is 0 Å². The van der Waals surface area contributed by atoms with Crippen molar-refractivity contribution in [3.8, 4) is 0 Å². The average molecular weight is 598 g/mol. The molecule has 0 unspecified atom stereocenters. The average Bonchev–Trinajstić information content (AvgIpc) is 2.70. The fourth-order valence-corrected chi connectivity index (χ4v) is 5.17. The van der Waals surface area contributed by atoms with Crippen LogP contribution in [0.25, 0.3) is 10.8 Å². The number of hydrogen-bond acceptors (Lipinski definition) is 12. The molecular weight excluding hydrogens is 589 g/mol. The van der Waals surface area contributed by atoms with Crippen LogP contribution in [0.2, 0.25) is 0 Å². The molecular formula is C17H9N2Na3O12S3. The van der Waals surface area contributed by atoms with Crippen LogP contribution < -0.4 is 94.0 Å². The number of non-ortho nitro benzene ring substituents is 1. The van der Waals surface area contributed by atoms with Crippen molar-refractivity contribution in [3.63, 3.8) is 0 Å². The first-order chi connectivity index (χ1) is 15.5. The standard InChI is InChI=1S/C17H12N2O12S3.3Na/c20-17(11-5-4-9(19(21)22)8-15(11)34(29,30)31)18-12-6-7-13(32(23,24)25)10-2-1-3-14(16(10)12)33(26,27)28;;;/h1-8H,(H,18,20)(H,23,24,25)(H,26,27,28)(H,29,30,31);;;/q;3*+1/p-3. The number of nitrogens with zero attached hydrogens (tertiary/aromatic N) is 1. The normalized spacial score (nSPS) is 11.4. The molecule has 0 saturated heterocycles. The molecule has 180 valence electrons. The van der Waals surface area contributed by atoms with E-state index in [0.717, 1.165) is 30.3 Å². The summed E-state index contributed by atoms with van der Waals surface area (Å²) in [5.74, 6) is -1.37. The number of amides is 1. The number of hydrogen-bond donors (Lipinski definition) is 1. The molecule has 0 aromatic heterocycles. The van der Waals surface area contributed by atoms with Crippen molar-refractivity contribution in [1.29, 1.82) is 0 Å². The number of carbonyl (C=O) groups excluding carboxylic acids is 1. The summed E-state index contributed by atoms with van der Waals surface area (Å²) in [7, 11) is -15.9. The number of fused-ring (bicyclic) bond motifs is 1. The van der Waals surface area contributed by atoms with Gasteiger partial charge < -0.3 is 19.0 Å². The molecule has 0 bridgehead atoms. The first-order valence-corrected chi connectivity index (χ1v) is 12.8. The Balaban J connectivity index is 0.00000432. The van der Waals surface area contributed by atoms with Gasteiger partial charge in [-0.15, -0.1) is 0 Å². The number of benzene rings is 3. The van der Waals surface area contributed by atoms with Crippen LogP contribution in [0.4, 0.5) is 11.4 Å². The van der Waals surface area contributed by atoms with Crippen LogP contribution in [-0.4, -0.2) is 49.7 Å². The van der Waals surface area contributed by atoms with E-state index in [9.17, 15) is 53.8 Å². The summed E-state index contributed by atoms with van der Waals surface area (Å²) < 4.78 is 105. The zero-order chi connectivity index (χ0) is 25.6. The number of nitro benzene ring substituents is 1. The molecule has 0 heterocycles. The Labute approximate surface area is 276 Å². The predicted molar refractivity (Wildman–Crippen MR) is 109 cm³/mol. The van der Waals surface area contributed by atoms with E-state index >= 15 is 0 Å². The van der Waals surface area contributed by atoms with Gasteiger partial charge >= 0.3 is 88.7 Å². The van der Waals surface area contributed by atoms with Crippen molar-refractivity contribution in [2.75, 3.05) is 5.32 Å². The quantitative estimate of drug-likeness (QED) is 0.120. The Morgan fingerprint density at radius 2 is 1.27 bits per heavy atom. The Hall–Kier alpha value is -0.480. The van der Waals surface area contributed by atoms with Crippen LogP contribution in [0.15, 0.2) is 63.2 Å². The first kappa shape index (κ1) is 36.5. The molecule has 0 radical (unpaired) electrons. The molecule has 1 N–H and O–H groups in total. The van der Waals surface area contributed by atoms with Gasteiger partial charge in [0, 0.05) is 22.9 Å². The van der Waals surface area contributed by atoms with E-state index in [1.54, 1.807) is 0 Å². The second kappa shape index (κ2) is 13.2. The molecule has 3 aromatic carbocycles. The van der Waals surface area contributed by atoms with E-state index in [1.165, 1.54) is 0 Å². The fraction of sp³-hybridized carbons (Fsp3) is 0. The SMILES string of the molecule is O=C(Nc1ccc(S(=O)(=O)[O-])c2cccc(S(=O)(=O)[O-])c12)c1ccc([N+](=O)[O-])cc1S(=O)(=O)[O-].[Na+].[Na+].[Na+]. The number of nitro groups is 1. The van der Waals surface area contributed by atoms with Gasteiger partial charge in [-0.2, -0.15) is 0 Å². The van der Waals surface area contributed by atoms with E-state index in [4.69, 9.17) is 0 Å². The third kappa shape index (κ3) is 8.26. The van der Waals surface area contributed by atoms with Crippen molar-refractivity contribution in [2.45, 2.75) is 14.7 Å². The molecule has 3 aromatic rings. The maximum atomic E-state index is 12.8. The third-order valence-electron chi connectivity index (χ3n) is 4.44. The van der Waals surface area contributed by atoms with Gasteiger partial charge in [0.2, 0.25) is 0 Å². The van der Waals surface area contributed by atoms with Gasteiger partial charge in [0.1, 0.15) is 30.4 Å². The van der Waals surface area contributed by atoms with Gasteiger partial charge in [-0.25, -0.2) is 25.3 Å². The minimum Gasteiger partial charge on any atom is -0.744 e. The van der Waals surface area contributed by atoms with Crippen LogP contribution >= 0.6 is 0 Å². The largest absolute Gasteiger partial charge is 1.00 e. The Morgan fingerprint density at radius 1 is 0.730 bits per heavy atom. The summed E-state index contributed by atoms with van der Waals surface area (Å²) >= 11 is 0. The molecule has 3 rings (SSSR count). The minimum atomic E-state index is -5.41. The fourth-order valence-electron chi connectivity index (χ4n) is 3.09. The van der Waals surface area contributed by atoms with Crippen LogP contribution in [0.5, 0.6) is 0 Å². The summed E-state index contributed by atoms with van der Waals surface area (Å²) in [6.45, 7) is 0. The van der Waals surface area contributed by atoms with E-state index in [2.05, 4.69) is 0 Å². The van der Waals surface area contributed by atoms with Crippen LogP contribution in [-0.2, 0) is 30.4 Å². The maximum Gasteiger partial charge on any atom is 1.00 e. The Bertz CT molecular complexity index is 1710. The van der Waals surface area contributed by atoms with Gasteiger partial charge in [-0.1, -0.05) is 12.1 Å². The molecule has 1 amide bonds. The number of carbonyl (C=O) groups is 1. The Morgan fingerprint density at radius 3 is 1.76 bits per heavy atom. The zero-order valence-electron chi connectivity index (χ0n) is 19.2. The van der Waals surface area contributed by atoms with E-state index in [1.807, 2.05) is 5.32 Å². The van der Waals surface area contributed by atoms with E-state index in [-0.39, 0.29) is 88.7 Å². The maximum absolute atomic E-state index is 12.8. The summed E-state index contributed by atoms with van der Waals surface area (Å²) in [6, 6.07) is 5.95. The van der Waals surface area contributed by atoms with Crippen LogP contribution in [0.3, 0.4) is 0 Å². The summed E-state index contributed by atoms with van der Waals surface area (Å²) in [5.41, 5.74) is -2.21. The molecule has 0 saturated carbocycles. The molecule has 0 aliphatic carbocycles. The third-order valence-corrected chi connectivity index (χ3v) is 7.09. The predicted octanol–water partition coefficient (Wildman–Crippen LogP) is -8.28.